The fraction of sp³-hybridized carbons (Fsp3) is 0.455. The Bertz CT molecular complexity index is 433. The first kappa shape index (κ1) is 12.3. The van der Waals surface area contributed by atoms with Crippen LogP contribution in [0.1, 0.15) is 34.4 Å². The topological polar surface area (TPSA) is 79.5 Å². The number of aliphatic carboxylic acids is 1. The quantitative estimate of drug-likeness (QED) is 0.815. The van der Waals surface area contributed by atoms with Gasteiger partial charge in [-0.05, 0) is 27.7 Å². The number of carboxylic acid groups (broad SMARTS) is 1. The van der Waals surface area contributed by atoms with Crippen LogP contribution in [-0.2, 0) is 4.79 Å². The van der Waals surface area contributed by atoms with Gasteiger partial charge in [0.25, 0.3) is 5.91 Å². The number of carbonyl (C=O) groups is 2. The Hall–Kier alpha value is -1.78. The normalized spacial score (nSPS) is 12.2. The molecule has 0 aromatic carbocycles. The average Bonchev–Trinajstić information content (AvgIpc) is 2.40. The van der Waals surface area contributed by atoms with Crippen molar-refractivity contribution < 1.29 is 19.1 Å². The molecule has 0 aliphatic heterocycles. The molecule has 16 heavy (non-hydrogen) atoms. The molecule has 1 amide bonds. The molecule has 5 nitrogen and oxygen atoms in total. The minimum absolute atomic E-state index is 0.415. The molecule has 1 atom stereocenters. The minimum Gasteiger partial charge on any atom is -0.480 e. The summed E-state index contributed by atoms with van der Waals surface area (Å²) < 4.78 is 5.30. The van der Waals surface area contributed by atoms with E-state index in [0.29, 0.717) is 17.1 Å². The van der Waals surface area contributed by atoms with Crippen molar-refractivity contribution in [2.75, 3.05) is 0 Å². The van der Waals surface area contributed by atoms with E-state index in [1.54, 1.807) is 20.8 Å². The lowest BCUT2D eigenvalue weighted by Gasteiger charge is -2.08. The summed E-state index contributed by atoms with van der Waals surface area (Å²) >= 11 is 0. The molecule has 1 unspecified atom stereocenters. The highest BCUT2D eigenvalue weighted by atomic mass is 16.4. The van der Waals surface area contributed by atoms with Crippen molar-refractivity contribution in [1.82, 2.24) is 5.32 Å². The molecule has 0 aliphatic carbocycles. The summed E-state index contributed by atoms with van der Waals surface area (Å²) in [6.45, 7) is 6.63. The largest absolute Gasteiger partial charge is 0.480 e. The second-order valence-corrected chi connectivity index (χ2v) is 3.75. The number of carboxylic acids is 1. The van der Waals surface area contributed by atoms with E-state index in [4.69, 9.17) is 9.52 Å². The van der Waals surface area contributed by atoms with Crippen molar-refractivity contribution in [3.05, 3.63) is 22.6 Å². The van der Waals surface area contributed by atoms with Crippen molar-refractivity contribution in [2.45, 2.75) is 33.7 Å². The minimum atomic E-state index is -1.07. The predicted molar refractivity (Wildman–Crippen MR) is 57.5 cm³/mol. The van der Waals surface area contributed by atoms with Gasteiger partial charge >= 0.3 is 5.97 Å². The average molecular weight is 225 g/mol. The van der Waals surface area contributed by atoms with Crippen molar-refractivity contribution in [3.63, 3.8) is 0 Å². The van der Waals surface area contributed by atoms with Crippen molar-refractivity contribution in [3.8, 4) is 0 Å². The van der Waals surface area contributed by atoms with Crippen LogP contribution >= 0.6 is 0 Å². The van der Waals surface area contributed by atoms with Crippen LogP contribution in [0.3, 0.4) is 0 Å². The Morgan fingerprint density at radius 2 is 1.81 bits per heavy atom. The molecule has 1 aromatic heterocycles. The van der Waals surface area contributed by atoms with Gasteiger partial charge in [0.1, 0.15) is 17.6 Å². The smallest absolute Gasteiger partial charge is 0.325 e. The van der Waals surface area contributed by atoms with Gasteiger partial charge in [0.15, 0.2) is 0 Å². The van der Waals surface area contributed by atoms with Gasteiger partial charge in [-0.15, -0.1) is 0 Å². The molecule has 88 valence electrons. The van der Waals surface area contributed by atoms with Crippen LogP contribution in [0.5, 0.6) is 0 Å². The van der Waals surface area contributed by atoms with Gasteiger partial charge in [-0.3, -0.25) is 9.59 Å². The van der Waals surface area contributed by atoms with E-state index in [0.717, 1.165) is 5.56 Å². The van der Waals surface area contributed by atoms with E-state index in [1.165, 1.54) is 6.92 Å². The summed E-state index contributed by atoms with van der Waals surface area (Å²) in [7, 11) is 0. The van der Waals surface area contributed by atoms with Crippen LogP contribution in [-0.4, -0.2) is 23.0 Å². The summed E-state index contributed by atoms with van der Waals surface area (Å²) in [5.41, 5.74) is 1.16. The molecule has 2 N–H and O–H groups in total. The lowest BCUT2D eigenvalue weighted by Crippen LogP contribution is -2.38. The first-order valence-electron chi connectivity index (χ1n) is 4.94. The van der Waals surface area contributed by atoms with Crippen LogP contribution in [0.2, 0.25) is 0 Å². The Labute approximate surface area is 93.4 Å². The third-order valence-corrected chi connectivity index (χ3v) is 2.51. The van der Waals surface area contributed by atoms with Gasteiger partial charge in [-0.1, -0.05) is 0 Å². The predicted octanol–water partition coefficient (Wildman–Crippen LogP) is 1.41. The number of carbonyl (C=O) groups excluding carboxylic acids is 1. The monoisotopic (exact) mass is 225 g/mol. The molecular weight excluding hydrogens is 210 g/mol. The summed E-state index contributed by atoms with van der Waals surface area (Å²) in [5.74, 6) is -0.304. The number of amides is 1. The van der Waals surface area contributed by atoms with E-state index in [1.807, 2.05) is 0 Å². The van der Waals surface area contributed by atoms with Crippen molar-refractivity contribution in [1.29, 1.82) is 0 Å². The summed E-state index contributed by atoms with van der Waals surface area (Å²) in [6, 6.07) is -0.915. The van der Waals surface area contributed by atoms with Crippen LogP contribution in [0.25, 0.3) is 0 Å². The first-order chi connectivity index (χ1) is 7.34. The van der Waals surface area contributed by atoms with Crippen LogP contribution < -0.4 is 5.32 Å². The van der Waals surface area contributed by atoms with Gasteiger partial charge in [0.2, 0.25) is 0 Å². The van der Waals surface area contributed by atoms with Gasteiger partial charge < -0.3 is 14.8 Å². The summed E-state index contributed by atoms with van der Waals surface area (Å²) in [5, 5.41) is 11.1. The van der Waals surface area contributed by atoms with Gasteiger partial charge in [-0.2, -0.15) is 0 Å². The summed E-state index contributed by atoms with van der Waals surface area (Å²) in [4.78, 5) is 22.4. The maximum atomic E-state index is 11.8. The van der Waals surface area contributed by atoms with Crippen molar-refractivity contribution in [2.24, 2.45) is 0 Å². The Morgan fingerprint density at radius 3 is 2.19 bits per heavy atom. The van der Waals surface area contributed by atoms with E-state index in [-0.39, 0.29) is 0 Å². The lowest BCUT2D eigenvalue weighted by atomic mass is 10.1. The maximum Gasteiger partial charge on any atom is 0.325 e. The molecule has 0 saturated carbocycles. The fourth-order valence-electron chi connectivity index (χ4n) is 1.46. The second-order valence-electron chi connectivity index (χ2n) is 3.75. The Morgan fingerprint density at radius 1 is 1.25 bits per heavy atom. The Balaban J connectivity index is 2.93. The number of hydrogen-bond donors (Lipinski definition) is 2. The molecule has 1 heterocycles. The maximum absolute atomic E-state index is 11.8. The molecule has 1 rings (SSSR count). The Kier molecular flexibility index (Phi) is 3.37. The van der Waals surface area contributed by atoms with Crippen LogP contribution in [0, 0.1) is 20.8 Å². The number of rotatable bonds is 3. The molecule has 0 spiro atoms. The molecular formula is C11H15NO4. The third kappa shape index (κ3) is 2.24. The first-order valence-corrected chi connectivity index (χ1v) is 4.94. The highest BCUT2D eigenvalue weighted by molar-refractivity contribution is 5.98. The van der Waals surface area contributed by atoms with E-state index in [9.17, 15) is 9.59 Å². The number of nitrogens with one attached hydrogen (secondary N) is 1. The molecule has 0 saturated heterocycles. The molecule has 1 aromatic rings. The number of hydrogen-bond acceptors (Lipinski definition) is 3. The standard InChI is InChI=1S/C11H15NO4/c1-5-7(3)16-8(4)9(5)10(13)12-6(2)11(14)15/h6H,1-4H3,(H,12,13)(H,14,15). The highest BCUT2D eigenvalue weighted by Crippen LogP contribution is 2.20. The molecule has 0 radical (unpaired) electrons. The van der Waals surface area contributed by atoms with Gasteiger partial charge in [0, 0.05) is 5.56 Å². The lowest BCUT2D eigenvalue weighted by molar-refractivity contribution is -0.138. The zero-order chi connectivity index (χ0) is 12.5. The summed E-state index contributed by atoms with van der Waals surface area (Å²) in [6.07, 6.45) is 0. The zero-order valence-corrected chi connectivity index (χ0v) is 9.75. The SMILES string of the molecule is Cc1oc(C)c(C(=O)NC(C)C(=O)O)c1C. The van der Waals surface area contributed by atoms with Crippen LogP contribution in [0.15, 0.2) is 4.42 Å². The van der Waals surface area contributed by atoms with E-state index in [2.05, 4.69) is 5.32 Å². The van der Waals surface area contributed by atoms with Crippen molar-refractivity contribution >= 4 is 11.9 Å². The van der Waals surface area contributed by atoms with Gasteiger partial charge in [-0.25, -0.2) is 0 Å². The molecule has 5 heteroatoms. The fourth-order valence-corrected chi connectivity index (χ4v) is 1.46. The molecule has 0 bridgehead atoms. The number of furan rings is 1. The second kappa shape index (κ2) is 4.38. The van der Waals surface area contributed by atoms with Gasteiger partial charge in [0.05, 0.1) is 5.56 Å². The number of aryl methyl sites for hydroxylation is 2. The van der Waals surface area contributed by atoms with Crippen LogP contribution in [0.4, 0.5) is 0 Å². The zero-order valence-electron chi connectivity index (χ0n) is 9.75. The van der Waals surface area contributed by atoms with E-state index >= 15 is 0 Å². The third-order valence-electron chi connectivity index (χ3n) is 2.51. The van der Waals surface area contributed by atoms with E-state index < -0.39 is 17.9 Å². The highest BCUT2D eigenvalue weighted by Gasteiger charge is 2.21. The molecule has 0 aliphatic rings. The molecule has 0 fully saturated rings.